The second-order valence-corrected chi connectivity index (χ2v) is 6.43. The molecule has 3 rings (SSSR count). The molecule has 0 radical (unpaired) electrons. The molecule has 0 amide bonds. The van der Waals surface area contributed by atoms with Crippen molar-refractivity contribution < 1.29 is 39.1 Å². The van der Waals surface area contributed by atoms with E-state index in [1.54, 1.807) is 13.8 Å². The van der Waals surface area contributed by atoms with E-state index in [1.165, 1.54) is 7.11 Å². The van der Waals surface area contributed by atoms with Crippen LogP contribution in [0.4, 0.5) is 0 Å². The number of phenolic OH excluding ortho intramolecular Hbond substituents is 2. The van der Waals surface area contributed by atoms with Crippen molar-refractivity contribution in [2.24, 2.45) is 5.92 Å². The first-order valence-corrected chi connectivity index (χ1v) is 7.90. The number of aromatic hydroxyl groups is 2. The van der Waals surface area contributed by atoms with Crippen molar-refractivity contribution in [2.45, 2.75) is 31.7 Å². The summed E-state index contributed by atoms with van der Waals surface area (Å²) >= 11 is 0. The first-order chi connectivity index (χ1) is 11.7. The van der Waals surface area contributed by atoms with Crippen molar-refractivity contribution in [3.05, 3.63) is 17.2 Å². The van der Waals surface area contributed by atoms with E-state index in [9.17, 15) is 24.9 Å². The van der Waals surface area contributed by atoms with Crippen LogP contribution in [0.5, 0.6) is 17.2 Å². The first-order valence-electron chi connectivity index (χ1n) is 7.90. The standard InChI is InChI=1S/C17H20O8/c1-4-24-16(2)6-8-13(19)12-11(15(21)17(8,22)7-25-16)9(18)5-10(23-3)14(12)20/h5,8,18,20,22H,4,6-7H2,1-3H3/t8?,16?,17-/m0/s1. The number of Topliss-reactive ketones (excluding diaryl/α,β-unsaturated/α-hetero) is 2. The minimum Gasteiger partial charge on any atom is -0.507 e. The monoisotopic (exact) mass is 352 g/mol. The number of methoxy groups -OCH3 is 1. The van der Waals surface area contributed by atoms with Gasteiger partial charge >= 0.3 is 0 Å². The largest absolute Gasteiger partial charge is 0.507 e. The van der Waals surface area contributed by atoms with Gasteiger partial charge in [0, 0.05) is 19.1 Å². The Labute approximate surface area is 143 Å². The number of ketones is 2. The Hall–Kier alpha value is -2.16. The molecule has 2 unspecified atom stereocenters. The SMILES string of the molecule is CCOC1(C)CC2C(=O)c3c(O)c(OC)cc(O)c3C(=O)[C@]2(O)CO1. The summed E-state index contributed by atoms with van der Waals surface area (Å²) in [5.41, 5.74) is -2.90. The molecule has 1 fully saturated rings. The van der Waals surface area contributed by atoms with Gasteiger partial charge in [0.25, 0.3) is 0 Å². The zero-order chi connectivity index (χ0) is 18.6. The average Bonchev–Trinajstić information content (AvgIpc) is 2.56. The molecule has 0 saturated carbocycles. The number of fused-ring (bicyclic) bond motifs is 2. The molecule has 136 valence electrons. The van der Waals surface area contributed by atoms with Gasteiger partial charge in [-0.1, -0.05) is 0 Å². The van der Waals surface area contributed by atoms with Crippen molar-refractivity contribution in [2.75, 3.05) is 20.3 Å². The van der Waals surface area contributed by atoms with Gasteiger partial charge in [-0.05, 0) is 13.8 Å². The fourth-order valence-corrected chi connectivity index (χ4v) is 3.55. The highest BCUT2D eigenvalue weighted by atomic mass is 16.7. The molecular formula is C17H20O8. The summed E-state index contributed by atoms with van der Waals surface area (Å²) in [6.07, 6.45) is -0.0707. The molecule has 1 aromatic rings. The summed E-state index contributed by atoms with van der Waals surface area (Å²) in [6, 6.07) is 1.02. The molecule has 2 aliphatic rings. The number of aliphatic hydroxyl groups is 1. The molecule has 0 aromatic heterocycles. The lowest BCUT2D eigenvalue weighted by Crippen LogP contribution is -2.63. The minimum atomic E-state index is -2.13. The van der Waals surface area contributed by atoms with Crippen LogP contribution in [0.2, 0.25) is 0 Å². The number of hydrogen-bond donors (Lipinski definition) is 3. The molecule has 8 nitrogen and oxygen atoms in total. The maximum absolute atomic E-state index is 13.0. The van der Waals surface area contributed by atoms with Crippen molar-refractivity contribution >= 4 is 11.6 Å². The minimum absolute atomic E-state index is 0.0707. The third-order valence-electron chi connectivity index (χ3n) is 4.85. The molecule has 0 spiro atoms. The summed E-state index contributed by atoms with van der Waals surface area (Å²) in [6.45, 7) is 3.24. The lowest BCUT2D eigenvalue weighted by molar-refractivity contribution is -0.279. The van der Waals surface area contributed by atoms with E-state index in [0.717, 1.165) is 6.07 Å². The number of phenols is 2. The predicted octanol–water partition coefficient (Wildman–Crippen LogP) is 1.01. The van der Waals surface area contributed by atoms with Crippen molar-refractivity contribution in [3.63, 3.8) is 0 Å². The van der Waals surface area contributed by atoms with Gasteiger partial charge < -0.3 is 29.5 Å². The number of rotatable bonds is 3. The Bertz CT molecular complexity index is 758. The zero-order valence-corrected chi connectivity index (χ0v) is 14.2. The predicted molar refractivity (Wildman–Crippen MR) is 84.0 cm³/mol. The molecule has 1 aliphatic carbocycles. The second kappa shape index (κ2) is 5.69. The van der Waals surface area contributed by atoms with Crippen LogP contribution in [-0.4, -0.2) is 58.6 Å². The van der Waals surface area contributed by atoms with Crippen molar-refractivity contribution in [1.29, 1.82) is 0 Å². The molecule has 1 heterocycles. The van der Waals surface area contributed by atoms with Crippen LogP contribution in [0.25, 0.3) is 0 Å². The van der Waals surface area contributed by atoms with E-state index in [0.29, 0.717) is 6.61 Å². The number of carbonyl (C=O) groups is 2. The van der Waals surface area contributed by atoms with Gasteiger partial charge in [-0.15, -0.1) is 0 Å². The van der Waals surface area contributed by atoms with Crippen LogP contribution < -0.4 is 4.74 Å². The smallest absolute Gasteiger partial charge is 0.202 e. The van der Waals surface area contributed by atoms with Gasteiger partial charge in [0.1, 0.15) is 5.75 Å². The second-order valence-electron chi connectivity index (χ2n) is 6.43. The maximum atomic E-state index is 13.0. The van der Waals surface area contributed by atoms with Gasteiger partial charge in [-0.2, -0.15) is 0 Å². The summed E-state index contributed by atoms with van der Waals surface area (Å²) < 4.78 is 15.9. The van der Waals surface area contributed by atoms with Gasteiger partial charge in [0.05, 0.1) is 30.8 Å². The number of benzene rings is 1. The Morgan fingerprint density at radius 1 is 1.32 bits per heavy atom. The van der Waals surface area contributed by atoms with Crippen LogP contribution in [0.15, 0.2) is 6.07 Å². The van der Waals surface area contributed by atoms with Crippen LogP contribution >= 0.6 is 0 Å². The number of hydrogen-bond acceptors (Lipinski definition) is 8. The van der Waals surface area contributed by atoms with Gasteiger partial charge in [-0.25, -0.2) is 0 Å². The van der Waals surface area contributed by atoms with E-state index < -0.39 is 52.5 Å². The fraction of sp³-hybridized carbons (Fsp3) is 0.529. The van der Waals surface area contributed by atoms with Crippen LogP contribution in [0.1, 0.15) is 41.0 Å². The lowest BCUT2D eigenvalue weighted by Gasteiger charge is -2.47. The third-order valence-corrected chi connectivity index (χ3v) is 4.85. The highest BCUT2D eigenvalue weighted by Crippen LogP contribution is 2.49. The highest BCUT2D eigenvalue weighted by molar-refractivity contribution is 6.22. The summed E-state index contributed by atoms with van der Waals surface area (Å²) in [5.74, 6) is -5.08. The van der Waals surface area contributed by atoms with E-state index in [4.69, 9.17) is 14.2 Å². The van der Waals surface area contributed by atoms with E-state index in [1.807, 2.05) is 0 Å². The van der Waals surface area contributed by atoms with E-state index in [2.05, 4.69) is 0 Å². The zero-order valence-electron chi connectivity index (χ0n) is 14.2. The average molecular weight is 352 g/mol. The van der Waals surface area contributed by atoms with Gasteiger partial charge in [-0.3, -0.25) is 9.59 Å². The Morgan fingerprint density at radius 2 is 2.00 bits per heavy atom. The summed E-state index contributed by atoms with van der Waals surface area (Å²) in [5, 5.41) is 31.3. The number of carbonyl (C=O) groups excluding carboxylic acids is 2. The topological polar surface area (TPSA) is 123 Å². The number of ether oxygens (including phenoxy) is 3. The summed E-state index contributed by atoms with van der Waals surface area (Å²) in [7, 11) is 1.26. The Kier molecular flexibility index (Phi) is 4.02. The molecule has 0 bridgehead atoms. The molecule has 8 heteroatoms. The van der Waals surface area contributed by atoms with Gasteiger partial charge in [0.2, 0.25) is 5.78 Å². The molecule has 1 aromatic carbocycles. The van der Waals surface area contributed by atoms with Crippen LogP contribution in [0.3, 0.4) is 0 Å². The van der Waals surface area contributed by atoms with Crippen LogP contribution in [-0.2, 0) is 9.47 Å². The molecular weight excluding hydrogens is 332 g/mol. The highest BCUT2D eigenvalue weighted by Gasteiger charge is 2.60. The normalized spacial score (nSPS) is 31.4. The maximum Gasteiger partial charge on any atom is 0.202 e. The molecule has 1 saturated heterocycles. The third kappa shape index (κ3) is 2.40. The van der Waals surface area contributed by atoms with Gasteiger partial charge in [0.15, 0.2) is 28.7 Å². The molecule has 1 aliphatic heterocycles. The molecule has 3 atom stereocenters. The quantitative estimate of drug-likeness (QED) is 0.689. The van der Waals surface area contributed by atoms with Crippen molar-refractivity contribution in [3.8, 4) is 17.2 Å². The summed E-state index contributed by atoms with van der Waals surface area (Å²) in [4.78, 5) is 25.8. The van der Waals surface area contributed by atoms with Crippen molar-refractivity contribution in [1.82, 2.24) is 0 Å². The van der Waals surface area contributed by atoms with E-state index >= 15 is 0 Å². The lowest BCUT2D eigenvalue weighted by atomic mass is 9.67. The van der Waals surface area contributed by atoms with Crippen LogP contribution in [0, 0.1) is 5.92 Å². The first kappa shape index (κ1) is 17.7. The Balaban J connectivity index is 2.17. The molecule has 25 heavy (non-hydrogen) atoms. The fourth-order valence-electron chi connectivity index (χ4n) is 3.55. The Morgan fingerprint density at radius 3 is 2.60 bits per heavy atom. The molecule has 3 N–H and O–H groups in total. The van der Waals surface area contributed by atoms with E-state index in [-0.39, 0.29) is 17.7 Å².